The van der Waals surface area contributed by atoms with Crippen molar-refractivity contribution < 1.29 is 14.9 Å². The lowest BCUT2D eigenvalue weighted by Crippen LogP contribution is -2.54. The molecule has 0 unspecified atom stereocenters. The van der Waals surface area contributed by atoms with Gasteiger partial charge in [0, 0.05) is 18.4 Å². The lowest BCUT2D eigenvalue weighted by molar-refractivity contribution is -0.120. The molecule has 0 amide bonds. The molecule has 2 fully saturated rings. The van der Waals surface area contributed by atoms with Gasteiger partial charge in [-0.15, -0.1) is 0 Å². The molecule has 6 atom stereocenters. The summed E-state index contributed by atoms with van der Waals surface area (Å²) in [5.74, 6) is 1.62. The SMILES string of the molecule is CO[C@H]1C[C@@]2(C)[C@@H](CC[C@@]2(O)/C=C(\Cl)I)[C@@H]2CCc3cc(O)ccc3[C@H]21. The third-order valence-electron chi connectivity index (χ3n) is 7.53. The van der Waals surface area contributed by atoms with E-state index >= 15 is 0 Å². The predicted molar refractivity (Wildman–Crippen MR) is 112 cm³/mol. The van der Waals surface area contributed by atoms with E-state index in [1.807, 2.05) is 12.1 Å². The number of benzene rings is 1. The summed E-state index contributed by atoms with van der Waals surface area (Å²) in [6, 6.07) is 5.79. The average molecular weight is 489 g/mol. The van der Waals surface area contributed by atoms with Crippen LogP contribution in [-0.4, -0.2) is 29.0 Å². The van der Waals surface area contributed by atoms with Gasteiger partial charge in [0.25, 0.3) is 0 Å². The summed E-state index contributed by atoms with van der Waals surface area (Å²) in [6.45, 7) is 2.23. The molecule has 0 bridgehead atoms. The molecular weight excluding hydrogens is 463 g/mol. The van der Waals surface area contributed by atoms with E-state index in [-0.39, 0.29) is 11.5 Å². The number of hydrogen-bond donors (Lipinski definition) is 2. The molecular formula is C21H26ClIO3. The number of hydrogen-bond acceptors (Lipinski definition) is 3. The van der Waals surface area contributed by atoms with E-state index in [4.69, 9.17) is 16.3 Å². The van der Waals surface area contributed by atoms with Crippen molar-refractivity contribution in [2.45, 2.75) is 56.7 Å². The third-order valence-corrected chi connectivity index (χ3v) is 7.95. The first kappa shape index (κ1) is 19.0. The van der Waals surface area contributed by atoms with Crippen LogP contribution in [-0.2, 0) is 11.2 Å². The molecule has 0 aromatic heterocycles. The number of rotatable bonds is 2. The number of aromatic hydroxyl groups is 1. The second kappa shape index (κ2) is 6.64. The van der Waals surface area contributed by atoms with E-state index in [0.717, 1.165) is 32.1 Å². The fourth-order valence-electron chi connectivity index (χ4n) is 6.30. The van der Waals surface area contributed by atoms with Crippen LogP contribution < -0.4 is 0 Å². The van der Waals surface area contributed by atoms with Gasteiger partial charge < -0.3 is 14.9 Å². The Morgan fingerprint density at radius 1 is 1.38 bits per heavy atom. The molecule has 0 aliphatic heterocycles. The van der Waals surface area contributed by atoms with Gasteiger partial charge in [-0.05, 0) is 95.9 Å². The van der Waals surface area contributed by atoms with Crippen molar-refractivity contribution >= 4 is 34.2 Å². The monoisotopic (exact) mass is 488 g/mol. The Morgan fingerprint density at radius 2 is 2.15 bits per heavy atom. The van der Waals surface area contributed by atoms with Crippen molar-refractivity contribution in [1.82, 2.24) is 0 Å². The van der Waals surface area contributed by atoms with Crippen molar-refractivity contribution in [1.29, 1.82) is 0 Å². The normalized spacial score (nSPS) is 42.1. The molecule has 1 aromatic rings. The van der Waals surface area contributed by atoms with Crippen molar-refractivity contribution in [2.24, 2.45) is 17.3 Å². The van der Waals surface area contributed by atoms with Crippen LogP contribution in [0.2, 0.25) is 0 Å². The molecule has 1 aromatic carbocycles. The standard InChI is InChI=1S/C21H26ClIO3/c1-20-10-17(26-2)19-14-6-4-13(24)9-12(14)3-5-15(19)16(20)7-8-21(20,25)11-18(22)23/h4,6,9,11,15-17,19,24-25H,3,5,7-8,10H2,1-2H3/b18-11+/t15-,16-,17-,19+,20-,21+/m0/s1. The number of methoxy groups -OCH3 is 1. The molecule has 4 rings (SSSR count). The Balaban J connectivity index is 1.77. The summed E-state index contributed by atoms with van der Waals surface area (Å²) in [6.07, 6.45) is 6.59. The first-order chi connectivity index (χ1) is 12.3. The quantitative estimate of drug-likeness (QED) is 0.568. The van der Waals surface area contributed by atoms with Crippen LogP contribution >= 0.6 is 34.2 Å². The van der Waals surface area contributed by atoms with Crippen molar-refractivity contribution in [3.63, 3.8) is 0 Å². The second-order valence-electron chi connectivity index (χ2n) is 8.51. The van der Waals surface area contributed by atoms with Crippen LogP contribution in [0.15, 0.2) is 27.3 Å². The fraction of sp³-hybridized carbons (Fsp3) is 0.619. The van der Waals surface area contributed by atoms with Gasteiger partial charge in [0.1, 0.15) is 5.75 Å². The zero-order chi connectivity index (χ0) is 18.7. The number of phenols is 1. The first-order valence-corrected chi connectivity index (χ1v) is 10.9. The molecule has 3 nitrogen and oxygen atoms in total. The third kappa shape index (κ3) is 2.75. The highest BCUT2D eigenvalue weighted by atomic mass is 127. The molecule has 2 saturated carbocycles. The van der Waals surface area contributed by atoms with Crippen molar-refractivity contribution in [2.75, 3.05) is 7.11 Å². The maximum atomic E-state index is 11.5. The van der Waals surface area contributed by atoms with Gasteiger partial charge >= 0.3 is 0 Å². The van der Waals surface area contributed by atoms with Crippen LogP contribution in [0.4, 0.5) is 0 Å². The van der Waals surface area contributed by atoms with Gasteiger partial charge in [0.2, 0.25) is 0 Å². The minimum atomic E-state index is -0.868. The van der Waals surface area contributed by atoms with E-state index < -0.39 is 5.60 Å². The van der Waals surface area contributed by atoms with Crippen molar-refractivity contribution in [3.05, 3.63) is 38.4 Å². The number of ether oxygens (including phenoxy) is 1. The van der Waals surface area contributed by atoms with E-state index in [9.17, 15) is 10.2 Å². The van der Waals surface area contributed by atoms with Crippen molar-refractivity contribution in [3.8, 4) is 5.75 Å². The minimum Gasteiger partial charge on any atom is -0.508 e. The Hall–Kier alpha value is -0.300. The largest absolute Gasteiger partial charge is 0.508 e. The molecule has 0 spiro atoms. The molecule has 5 heteroatoms. The zero-order valence-electron chi connectivity index (χ0n) is 15.2. The fourth-order valence-corrected chi connectivity index (χ4v) is 7.00. The zero-order valence-corrected chi connectivity index (χ0v) is 18.1. The van der Waals surface area contributed by atoms with Gasteiger partial charge in [0.15, 0.2) is 0 Å². The highest BCUT2D eigenvalue weighted by Crippen LogP contribution is 2.65. The van der Waals surface area contributed by atoms with Crippen LogP contribution in [0.1, 0.15) is 49.7 Å². The van der Waals surface area contributed by atoms with Crippen LogP contribution in [0.25, 0.3) is 0 Å². The smallest absolute Gasteiger partial charge is 0.115 e. The molecule has 2 N–H and O–H groups in total. The molecule has 0 heterocycles. The topological polar surface area (TPSA) is 49.7 Å². The maximum Gasteiger partial charge on any atom is 0.115 e. The maximum absolute atomic E-state index is 11.5. The van der Waals surface area contributed by atoms with Crippen LogP contribution in [0, 0.1) is 17.3 Å². The Labute approximate surface area is 173 Å². The summed E-state index contributed by atoms with van der Waals surface area (Å²) in [5.41, 5.74) is 1.48. The number of aliphatic hydroxyl groups is 1. The predicted octanol–water partition coefficient (Wildman–Crippen LogP) is 5.12. The highest BCUT2D eigenvalue weighted by Gasteiger charge is 2.63. The van der Waals surface area contributed by atoms with E-state index in [1.54, 1.807) is 13.2 Å². The number of fused-ring (bicyclic) bond motifs is 5. The summed E-state index contributed by atoms with van der Waals surface area (Å²) in [5, 5.41) is 21.4. The minimum absolute atomic E-state index is 0.0656. The van der Waals surface area contributed by atoms with Gasteiger partial charge in [-0.2, -0.15) is 0 Å². The van der Waals surface area contributed by atoms with Gasteiger partial charge in [-0.25, -0.2) is 0 Å². The second-order valence-corrected chi connectivity index (χ2v) is 10.7. The highest BCUT2D eigenvalue weighted by molar-refractivity contribution is 14.1. The van der Waals surface area contributed by atoms with Gasteiger partial charge in [-0.1, -0.05) is 24.6 Å². The van der Waals surface area contributed by atoms with Gasteiger partial charge in [-0.3, -0.25) is 0 Å². The Morgan fingerprint density at radius 3 is 2.85 bits per heavy atom. The summed E-state index contributed by atoms with van der Waals surface area (Å²) in [7, 11) is 1.79. The Kier molecular flexibility index (Phi) is 4.86. The van der Waals surface area contributed by atoms with E-state index in [2.05, 4.69) is 35.6 Å². The molecule has 142 valence electrons. The molecule has 26 heavy (non-hydrogen) atoms. The first-order valence-electron chi connectivity index (χ1n) is 9.40. The molecule has 0 radical (unpaired) electrons. The number of halogens is 2. The van der Waals surface area contributed by atoms with E-state index in [1.165, 1.54) is 11.1 Å². The summed E-state index contributed by atoms with van der Waals surface area (Å²) < 4.78 is 6.62. The van der Waals surface area contributed by atoms with Crippen LogP contribution in [0.5, 0.6) is 5.75 Å². The van der Waals surface area contributed by atoms with E-state index in [0.29, 0.717) is 26.5 Å². The summed E-state index contributed by atoms with van der Waals surface area (Å²) >= 11 is 8.24. The average Bonchev–Trinajstić information content (AvgIpc) is 2.83. The number of phenolic OH excluding ortho intramolecular Hbond substituents is 1. The van der Waals surface area contributed by atoms with Crippen LogP contribution in [0.3, 0.4) is 0 Å². The molecule has 3 aliphatic carbocycles. The van der Waals surface area contributed by atoms with Gasteiger partial charge in [0.05, 0.1) is 14.7 Å². The lowest BCUT2D eigenvalue weighted by Gasteiger charge is -2.55. The summed E-state index contributed by atoms with van der Waals surface area (Å²) in [4.78, 5) is 0. The molecule has 0 saturated heterocycles. The number of aryl methyl sites for hydroxylation is 1. The lowest BCUT2D eigenvalue weighted by atomic mass is 9.52. The Bertz CT molecular complexity index is 747. The molecule has 3 aliphatic rings.